The standard InChI is InChI=1S/C28H38F4N4O4/c1-6-7-8-9-10-11-14-38-23-13-12-19(15-21(23)28(30,31)32)24-34-25(40-35-24)22-16-20(29)17-36(22)18(2)33-26(37)39-27(3,4)5/h12-13,15,20,22H,2,6-11,14,16-17H2,1,3-5H3,(H,33,37)/t20-,22-/m0/s1. The Kier molecular flexibility index (Phi) is 10.4. The number of rotatable bonds is 12. The van der Waals surface area contributed by atoms with Gasteiger partial charge in [-0.05, 0) is 45.4 Å². The lowest BCUT2D eigenvalue weighted by atomic mass is 10.1. The van der Waals surface area contributed by atoms with Crippen molar-refractivity contribution in [2.24, 2.45) is 0 Å². The van der Waals surface area contributed by atoms with Crippen LogP contribution in [0.4, 0.5) is 22.4 Å². The fourth-order valence-electron chi connectivity index (χ4n) is 4.38. The summed E-state index contributed by atoms with van der Waals surface area (Å²) in [6.45, 7) is 11.1. The molecule has 1 aromatic carbocycles. The Bertz CT molecular complexity index is 1150. The van der Waals surface area contributed by atoms with E-state index in [4.69, 9.17) is 14.0 Å². The maximum absolute atomic E-state index is 14.4. The molecule has 2 heterocycles. The van der Waals surface area contributed by atoms with E-state index in [0.29, 0.717) is 6.42 Å². The maximum atomic E-state index is 14.4. The summed E-state index contributed by atoms with van der Waals surface area (Å²) < 4.78 is 72.0. The highest BCUT2D eigenvalue weighted by molar-refractivity contribution is 5.69. The van der Waals surface area contributed by atoms with Gasteiger partial charge in [0, 0.05) is 12.0 Å². The van der Waals surface area contributed by atoms with Crippen LogP contribution in [0.3, 0.4) is 0 Å². The van der Waals surface area contributed by atoms with E-state index >= 15 is 0 Å². The summed E-state index contributed by atoms with van der Waals surface area (Å²) in [5, 5.41) is 6.31. The highest BCUT2D eigenvalue weighted by Gasteiger charge is 2.39. The largest absolute Gasteiger partial charge is 0.493 e. The second-order valence-electron chi connectivity index (χ2n) is 10.9. The van der Waals surface area contributed by atoms with Crippen LogP contribution in [-0.2, 0) is 10.9 Å². The normalized spacial score (nSPS) is 17.6. The van der Waals surface area contributed by atoms with E-state index in [1.54, 1.807) is 20.8 Å². The first-order valence-corrected chi connectivity index (χ1v) is 13.6. The number of nitrogens with one attached hydrogen (secondary N) is 1. The van der Waals surface area contributed by atoms with Crippen LogP contribution in [0, 0.1) is 0 Å². The first-order valence-electron chi connectivity index (χ1n) is 13.6. The third-order valence-corrected chi connectivity index (χ3v) is 6.27. The quantitative estimate of drug-likeness (QED) is 0.208. The van der Waals surface area contributed by atoms with Crippen LogP contribution in [0.25, 0.3) is 11.4 Å². The molecule has 40 heavy (non-hydrogen) atoms. The van der Waals surface area contributed by atoms with Gasteiger partial charge in [0.2, 0.25) is 11.7 Å². The summed E-state index contributed by atoms with van der Waals surface area (Å²) in [5.74, 6) is -0.291. The van der Waals surface area contributed by atoms with E-state index < -0.39 is 35.6 Å². The van der Waals surface area contributed by atoms with Crippen LogP contribution in [0.15, 0.2) is 35.1 Å². The molecule has 1 amide bonds. The van der Waals surface area contributed by atoms with Crippen LogP contribution in [0.1, 0.15) is 90.1 Å². The van der Waals surface area contributed by atoms with E-state index in [1.807, 2.05) is 0 Å². The van der Waals surface area contributed by atoms with Crippen molar-refractivity contribution >= 4 is 6.09 Å². The summed E-state index contributed by atoms with van der Waals surface area (Å²) in [6, 6.07) is 2.81. The number of unbranched alkanes of at least 4 members (excludes halogenated alkanes) is 5. The van der Waals surface area contributed by atoms with Crippen molar-refractivity contribution in [2.45, 2.75) is 96.6 Å². The molecule has 12 heteroatoms. The number of hydrogen-bond acceptors (Lipinski definition) is 7. The number of nitrogens with zero attached hydrogens (tertiary/aromatic N) is 3. The third-order valence-electron chi connectivity index (χ3n) is 6.27. The summed E-state index contributed by atoms with van der Waals surface area (Å²) in [6.07, 6.45) is -0.789. The minimum absolute atomic E-state index is 0.0146. The van der Waals surface area contributed by atoms with Crippen LogP contribution < -0.4 is 10.1 Å². The van der Waals surface area contributed by atoms with Crippen LogP contribution >= 0.6 is 0 Å². The lowest BCUT2D eigenvalue weighted by Crippen LogP contribution is -2.38. The topological polar surface area (TPSA) is 89.7 Å². The molecule has 0 unspecified atom stereocenters. The smallest absolute Gasteiger partial charge is 0.419 e. The number of alkyl halides is 4. The molecule has 0 spiro atoms. The summed E-state index contributed by atoms with van der Waals surface area (Å²) in [5.41, 5.74) is -1.62. The Labute approximate surface area is 232 Å². The molecule has 0 saturated carbocycles. The highest BCUT2D eigenvalue weighted by atomic mass is 19.4. The van der Waals surface area contributed by atoms with Crippen LogP contribution in [0.5, 0.6) is 5.75 Å². The van der Waals surface area contributed by atoms with Crippen molar-refractivity contribution in [1.29, 1.82) is 0 Å². The molecule has 1 aliphatic rings. The summed E-state index contributed by atoms with van der Waals surface area (Å²) in [7, 11) is 0. The van der Waals surface area contributed by atoms with Gasteiger partial charge in [-0.2, -0.15) is 18.2 Å². The monoisotopic (exact) mass is 570 g/mol. The minimum atomic E-state index is -4.66. The molecule has 1 saturated heterocycles. The van der Waals surface area contributed by atoms with E-state index in [-0.39, 0.29) is 48.4 Å². The molecular weight excluding hydrogens is 532 g/mol. The number of alkyl carbamates (subject to hydrolysis) is 1. The zero-order valence-corrected chi connectivity index (χ0v) is 23.4. The van der Waals surface area contributed by atoms with Gasteiger partial charge >= 0.3 is 12.3 Å². The SMILES string of the molecule is C=C(NC(=O)OC(C)(C)C)N1C[C@@H](F)C[C@H]1c1nc(-c2ccc(OCCCCCCCC)c(C(F)(F)F)c2)no1. The Hall–Kier alpha value is -3.31. The van der Waals surface area contributed by atoms with Crippen molar-refractivity contribution < 1.29 is 36.4 Å². The molecule has 0 radical (unpaired) electrons. The van der Waals surface area contributed by atoms with Gasteiger partial charge in [-0.15, -0.1) is 0 Å². The molecule has 1 N–H and O–H groups in total. The maximum Gasteiger partial charge on any atom is 0.419 e. The van der Waals surface area contributed by atoms with Crippen molar-refractivity contribution in [1.82, 2.24) is 20.4 Å². The average Bonchev–Trinajstić information content (AvgIpc) is 3.48. The predicted molar refractivity (Wildman–Crippen MR) is 141 cm³/mol. The molecule has 0 aliphatic carbocycles. The zero-order chi connectivity index (χ0) is 29.5. The molecule has 1 aliphatic heterocycles. The number of amides is 1. The number of likely N-dealkylation sites (tertiary alicyclic amines) is 1. The number of ether oxygens (including phenoxy) is 2. The van der Waals surface area contributed by atoms with E-state index in [0.717, 1.165) is 38.2 Å². The molecule has 2 atom stereocenters. The molecule has 2 aromatic rings. The number of aromatic nitrogens is 2. The first kappa shape index (κ1) is 31.2. The Morgan fingerprint density at radius 2 is 1.88 bits per heavy atom. The fourth-order valence-corrected chi connectivity index (χ4v) is 4.38. The van der Waals surface area contributed by atoms with Crippen LogP contribution in [0.2, 0.25) is 0 Å². The first-order chi connectivity index (χ1) is 18.8. The van der Waals surface area contributed by atoms with Gasteiger partial charge in [0.15, 0.2) is 0 Å². The minimum Gasteiger partial charge on any atom is -0.493 e. The van der Waals surface area contributed by atoms with Crippen molar-refractivity contribution in [2.75, 3.05) is 13.2 Å². The lowest BCUT2D eigenvalue weighted by Gasteiger charge is -2.27. The zero-order valence-electron chi connectivity index (χ0n) is 23.4. The van der Waals surface area contributed by atoms with Gasteiger partial charge in [-0.3, -0.25) is 5.32 Å². The number of carbonyl (C=O) groups excluding carboxylic acids is 1. The number of carbonyl (C=O) groups is 1. The second-order valence-corrected chi connectivity index (χ2v) is 10.9. The average molecular weight is 571 g/mol. The number of hydrogen-bond donors (Lipinski definition) is 1. The highest BCUT2D eigenvalue weighted by Crippen LogP contribution is 2.40. The van der Waals surface area contributed by atoms with Crippen molar-refractivity contribution in [3.63, 3.8) is 0 Å². The number of halogens is 4. The Balaban J connectivity index is 1.72. The molecule has 1 fully saturated rings. The van der Waals surface area contributed by atoms with Gasteiger partial charge < -0.3 is 18.9 Å². The van der Waals surface area contributed by atoms with Gasteiger partial charge in [-0.25, -0.2) is 9.18 Å². The van der Waals surface area contributed by atoms with E-state index in [1.165, 1.54) is 17.0 Å². The molecule has 1 aromatic heterocycles. The predicted octanol–water partition coefficient (Wildman–Crippen LogP) is 7.58. The van der Waals surface area contributed by atoms with E-state index in [9.17, 15) is 22.4 Å². The van der Waals surface area contributed by atoms with Crippen molar-refractivity contribution in [3.05, 3.63) is 42.1 Å². The van der Waals surface area contributed by atoms with Gasteiger partial charge in [0.05, 0.1) is 18.7 Å². The van der Waals surface area contributed by atoms with Gasteiger partial charge in [-0.1, -0.05) is 50.8 Å². The van der Waals surface area contributed by atoms with Crippen LogP contribution in [-0.4, -0.2) is 46.1 Å². The molecule has 0 bridgehead atoms. The molecular formula is C28H38F4N4O4. The number of benzene rings is 1. The second kappa shape index (κ2) is 13.4. The van der Waals surface area contributed by atoms with Crippen molar-refractivity contribution in [3.8, 4) is 17.1 Å². The lowest BCUT2D eigenvalue weighted by molar-refractivity contribution is -0.138. The third kappa shape index (κ3) is 8.85. The molecule has 222 valence electrons. The Morgan fingerprint density at radius 1 is 1.18 bits per heavy atom. The summed E-state index contributed by atoms with van der Waals surface area (Å²) in [4.78, 5) is 17.9. The van der Waals surface area contributed by atoms with E-state index in [2.05, 4.69) is 29.0 Å². The van der Waals surface area contributed by atoms with Gasteiger partial charge in [0.25, 0.3) is 0 Å². The summed E-state index contributed by atoms with van der Waals surface area (Å²) >= 11 is 0. The Morgan fingerprint density at radius 3 is 2.55 bits per heavy atom. The molecule has 3 rings (SSSR count). The fraction of sp³-hybridized carbons (Fsp3) is 0.607. The van der Waals surface area contributed by atoms with Gasteiger partial charge in [0.1, 0.15) is 29.4 Å². The molecule has 8 nitrogen and oxygen atoms in total.